The van der Waals surface area contributed by atoms with Crippen molar-refractivity contribution in [1.82, 2.24) is 10.6 Å². The summed E-state index contributed by atoms with van der Waals surface area (Å²) in [6.45, 7) is 5.91. The Morgan fingerprint density at radius 3 is 2.37 bits per heavy atom. The number of carbonyl (C=O) groups excluding carboxylic acids is 2. The average molecular weight is 378 g/mol. The molecule has 0 saturated carbocycles. The van der Waals surface area contributed by atoms with Gasteiger partial charge >= 0.3 is 5.97 Å². The number of ether oxygens (including phenoxy) is 1. The van der Waals surface area contributed by atoms with Gasteiger partial charge in [0.15, 0.2) is 5.78 Å². The molecular formula is C20H30N2O5. The molecule has 150 valence electrons. The fourth-order valence-corrected chi connectivity index (χ4v) is 2.40. The van der Waals surface area contributed by atoms with Crippen LogP contribution in [0, 0.1) is 0 Å². The van der Waals surface area contributed by atoms with Crippen LogP contribution in [0.4, 0.5) is 0 Å². The molecule has 27 heavy (non-hydrogen) atoms. The lowest BCUT2D eigenvalue weighted by Crippen LogP contribution is -2.41. The monoisotopic (exact) mass is 378 g/mol. The Labute approximate surface area is 160 Å². The largest absolute Gasteiger partial charge is 0.486 e. The molecule has 7 nitrogen and oxygen atoms in total. The molecule has 1 unspecified atom stereocenters. The van der Waals surface area contributed by atoms with E-state index in [1.807, 2.05) is 13.8 Å². The highest BCUT2D eigenvalue weighted by atomic mass is 16.5. The minimum atomic E-state index is -0.841. The summed E-state index contributed by atoms with van der Waals surface area (Å²) in [6.07, 6.45) is 2.81. The number of unbranched alkanes of at least 4 members (excludes halogenated alkanes) is 1. The van der Waals surface area contributed by atoms with Crippen LogP contribution in [0.3, 0.4) is 0 Å². The minimum Gasteiger partial charge on any atom is -0.486 e. The van der Waals surface area contributed by atoms with Crippen molar-refractivity contribution in [2.24, 2.45) is 0 Å². The second-order valence-corrected chi connectivity index (χ2v) is 6.63. The van der Waals surface area contributed by atoms with Crippen LogP contribution in [0.1, 0.15) is 56.8 Å². The van der Waals surface area contributed by atoms with Crippen molar-refractivity contribution in [3.05, 3.63) is 29.8 Å². The van der Waals surface area contributed by atoms with Crippen LogP contribution in [0.5, 0.6) is 5.75 Å². The van der Waals surface area contributed by atoms with Gasteiger partial charge in [-0.3, -0.25) is 14.4 Å². The lowest BCUT2D eigenvalue weighted by atomic mass is 10.1. The quantitative estimate of drug-likeness (QED) is 0.455. The van der Waals surface area contributed by atoms with Gasteiger partial charge < -0.3 is 20.5 Å². The zero-order valence-corrected chi connectivity index (χ0v) is 16.3. The number of hydrogen-bond acceptors (Lipinski definition) is 5. The van der Waals surface area contributed by atoms with Crippen LogP contribution in [0.25, 0.3) is 0 Å². The average Bonchev–Trinajstić information content (AvgIpc) is 2.64. The molecule has 0 aromatic heterocycles. The smallest absolute Gasteiger partial charge is 0.320 e. The van der Waals surface area contributed by atoms with E-state index in [4.69, 9.17) is 4.74 Å². The number of Topliss-reactive ketones (excluding diaryl/α,β-unsaturated/α-hetero) is 1. The molecule has 0 radical (unpaired) electrons. The fourth-order valence-electron chi connectivity index (χ4n) is 2.40. The Morgan fingerprint density at radius 1 is 1.15 bits per heavy atom. The number of rotatable bonds is 13. The summed E-state index contributed by atoms with van der Waals surface area (Å²) in [7, 11) is 0. The van der Waals surface area contributed by atoms with E-state index in [9.17, 15) is 19.5 Å². The summed E-state index contributed by atoms with van der Waals surface area (Å²) in [5.41, 5.74) is 0.507. The maximum atomic E-state index is 12.1. The number of aliphatic carboxylic acids is 1. The standard InChI is InChI=1S/C20H30N2O5/c1-4-14(2)22-18(20(25)26)7-5-6-12-21-19(24)16-8-10-17(11-9-16)27-13-15(3)23/h8-11,14,18,22H,4-7,12-13H2,1-3H3,(H,21,24)(H,25,26)/t14?,18-/m0/s1. The molecule has 0 heterocycles. The van der Waals surface area contributed by atoms with Crippen LogP contribution in [-0.4, -0.2) is 48.0 Å². The Bertz CT molecular complexity index is 615. The Morgan fingerprint density at radius 2 is 1.81 bits per heavy atom. The Hall–Kier alpha value is -2.41. The fraction of sp³-hybridized carbons (Fsp3) is 0.550. The van der Waals surface area contributed by atoms with E-state index in [0.29, 0.717) is 37.1 Å². The van der Waals surface area contributed by atoms with E-state index >= 15 is 0 Å². The van der Waals surface area contributed by atoms with E-state index < -0.39 is 12.0 Å². The molecule has 1 amide bonds. The van der Waals surface area contributed by atoms with Gasteiger partial charge in [-0.25, -0.2) is 0 Å². The van der Waals surface area contributed by atoms with Gasteiger partial charge in [-0.15, -0.1) is 0 Å². The highest BCUT2D eigenvalue weighted by Crippen LogP contribution is 2.12. The first-order valence-corrected chi connectivity index (χ1v) is 9.32. The van der Waals surface area contributed by atoms with Crippen molar-refractivity contribution in [2.75, 3.05) is 13.2 Å². The number of carboxylic acids is 1. The van der Waals surface area contributed by atoms with Crippen molar-refractivity contribution in [2.45, 2.75) is 58.5 Å². The molecule has 0 bridgehead atoms. The van der Waals surface area contributed by atoms with Crippen LogP contribution < -0.4 is 15.4 Å². The van der Waals surface area contributed by atoms with Crippen molar-refractivity contribution < 1.29 is 24.2 Å². The molecule has 0 spiro atoms. The third kappa shape index (κ3) is 9.19. The number of carboxylic acid groups (broad SMARTS) is 1. The van der Waals surface area contributed by atoms with E-state index in [2.05, 4.69) is 10.6 Å². The third-order valence-electron chi connectivity index (χ3n) is 4.16. The third-order valence-corrected chi connectivity index (χ3v) is 4.16. The summed E-state index contributed by atoms with van der Waals surface area (Å²) >= 11 is 0. The molecule has 1 aromatic carbocycles. The van der Waals surface area contributed by atoms with Gasteiger partial charge in [0.1, 0.15) is 18.4 Å². The van der Waals surface area contributed by atoms with E-state index in [-0.39, 0.29) is 24.3 Å². The van der Waals surface area contributed by atoms with Crippen molar-refractivity contribution in [3.8, 4) is 5.75 Å². The van der Waals surface area contributed by atoms with Gasteiger partial charge in [0.2, 0.25) is 0 Å². The van der Waals surface area contributed by atoms with Gasteiger partial charge in [0.25, 0.3) is 5.91 Å². The van der Waals surface area contributed by atoms with E-state index in [1.54, 1.807) is 24.3 Å². The summed E-state index contributed by atoms with van der Waals surface area (Å²) in [6, 6.07) is 6.18. The number of benzene rings is 1. The second-order valence-electron chi connectivity index (χ2n) is 6.63. The molecule has 7 heteroatoms. The summed E-state index contributed by atoms with van der Waals surface area (Å²) in [4.78, 5) is 34.2. The van der Waals surface area contributed by atoms with Crippen LogP contribution in [0.15, 0.2) is 24.3 Å². The van der Waals surface area contributed by atoms with Gasteiger partial charge in [0.05, 0.1) is 0 Å². The first-order chi connectivity index (χ1) is 12.8. The summed E-state index contributed by atoms with van der Waals surface area (Å²) in [5, 5.41) is 15.2. The van der Waals surface area contributed by atoms with Crippen LogP contribution in [-0.2, 0) is 9.59 Å². The molecule has 0 aliphatic carbocycles. The number of amides is 1. The number of carbonyl (C=O) groups is 3. The Kier molecular flexibility index (Phi) is 10.1. The highest BCUT2D eigenvalue weighted by molar-refractivity contribution is 5.94. The topological polar surface area (TPSA) is 105 Å². The lowest BCUT2D eigenvalue weighted by molar-refractivity contribution is -0.140. The molecule has 2 atom stereocenters. The zero-order valence-electron chi connectivity index (χ0n) is 16.3. The summed E-state index contributed by atoms with van der Waals surface area (Å²) < 4.78 is 5.26. The molecule has 0 aliphatic rings. The molecule has 3 N–H and O–H groups in total. The predicted octanol–water partition coefficient (Wildman–Crippen LogP) is 2.40. The van der Waals surface area contributed by atoms with E-state index in [0.717, 1.165) is 6.42 Å². The second kappa shape index (κ2) is 12.1. The van der Waals surface area contributed by atoms with Crippen molar-refractivity contribution >= 4 is 17.7 Å². The molecule has 0 fully saturated rings. The maximum absolute atomic E-state index is 12.1. The van der Waals surface area contributed by atoms with Gasteiger partial charge in [-0.2, -0.15) is 0 Å². The molecular weight excluding hydrogens is 348 g/mol. The number of ketones is 1. The molecule has 1 aromatic rings. The normalized spacial score (nSPS) is 12.9. The maximum Gasteiger partial charge on any atom is 0.320 e. The SMILES string of the molecule is CCC(C)N[C@@H](CCCCNC(=O)c1ccc(OCC(C)=O)cc1)C(=O)O. The van der Waals surface area contributed by atoms with Crippen LogP contribution >= 0.6 is 0 Å². The minimum absolute atomic E-state index is 0.00870. The Balaban J connectivity index is 2.31. The summed E-state index contributed by atoms with van der Waals surface area (Å²) in [5.74, 6) is -0.566. The number of hydrogen-bond donors (Lipinski definition) is 3. The number of nitrogens with one attached hydrogen (secondary N) is 2. The zero-order chi connectivity index (χ0) is 20.2. The van der Waals surface area contributed by atoms with Crippen molar-refractivity contribution in [3.63, 3.8) is 0 Å². The predicted molar refractivity (Wildman–Crippen MR) is 103 cm³/mol. The lowest BCUT2D eigenvalue weighted by Gasteiger charge is -2.19. The van der Waals surface area contributed by atoms with Gasteiger partial charge in [-0.1, -0.05) is 6.92 Å². The first kappa shape index (κ1) is 22.6. The highest BCUT2D eigenvalue weighted by Gasteiger charge is 2.18. The first-order valence-electron chi connectivity index (χ1n) is 9.32. The molecule has 0 saturated heterocycles. The van der Waals surface area contributed by atoms with E-state index in [1.165, 1.54) is 6.92 Å². The van der Waals surface area contributed by atoms with Gasteiger partial charge in [-0.05, 0) is 63.8 Å². The van der Waals surface area contributed by atoms with Crippen LogP contribution in [0.2, 0.25) is 0 Å². The van der Waals surface area contributed by atoms with Crippen molar-refractivity contribution in [1.29, 1.82) is 0 Å². The molecule has 1 rings (SSSR count). The van der Waals surface area contributed by atoms with Gasteiger partial charge in [0, 0.05) is 18.2 Å². The molecule has 0 aliphatic heterocycles.